The first-order chi connectivity index (χ1) is 9.45. The predicted octanol–water partition coefficient (Wildman–Crippen LogP) is 3.06. The molecule has 4 nitrogen and oxygen atoms in total. The Bertz CT molecular complexity index is 477. The molecular weight excluding hydrogens is 320 g/mol. The summed E-state index contributed by atoms with van der Waals surface area (Å²) in [5.74, 6) is -0.186. The fraction of sp³-hybridized carbons (Fsp3) is 0.467. The molecule has 0 unspecified atom stereocenters. The smallest absolute Gasteiger partial charge is 0.242 e. The number of hydrogen-bond acceptors (Lipinski definition) is 2. The summed E-state index contributed by atoms with van der Waals surface area (Å²) in [5, 5.41) is 0. The van der Waals surface area contributed by atoms with Crippen molar-refractivity contribution in [1.82, 2.24) is 4.90 Å². The van der Waals surface area contributed by atoms with Gasteiger partial charge in [0.2, 0.25) is 11.8 Å². The first-order valence-corrected chi connectivity index (χ1v) is 7.52. The van der Waals surface area contributed by atoms with Crippen LogP contribution in [0, 0.1) is 0 Å². The molecule has 0 bridgehead atoms. The van der Waals surface area contributed by atoms with Crippen molar-refractivity contribution in [2.45, 2.75) is 26.7 Å². The summed E-state index contributed by atoms with van der Waals surface area (Å²) in [4.78, 5) is 27.1. The lowest BCUT2D eigenvalue weighted by atomic mass is 10.2. The normalized spacial score (nSPS) is 10.2. The summed E-state index contributed by atoms with van der Waals surface area (Å²) in [6, 6.07) is 7.39. The van der Waals surface area contributed by atoms with Gasteiger partial charge < -0.3 is 9.80 Å². The molecule has 0 heterocycles. The molecule has 20 heavy (non-hydrogen) atoms. The maximum absolute atomic E-state index is 12.1. The van der Waals surface area contributed by atoms with Gasteiger partial charge in [-0.15, -0.1) is 0 Å². The Hall–Kier alpha value is -1.36. The largest absolute Gasteiger partial charge is 0.344 e. The van der Waals surface area contributed by atoms with Crippen molar-refractivity contribution in [2.75, 3.05) is 25.0 Å². The number of carbonyl (C=O) groups is 2. The topological polar surface area (TPSA) is 40.6 Å². The molecule has 0 saturated heterocycles. The Morgan fingerprint density at radius 3 is 2.55 bits per heavy atom. The molecule has 0 aromatic heterocycles. The van der Waals surface area contributed by atoms with Crippen molar-refractivity contribution in [3.05, 3.63) is 28.7 Å². The monoisotopic (exact) mass is 340 g/mol. The SMILES string of the molecule is CCCCN(C)C(=O)CN(C(C)=O)c1cccc(Br)c1. The van der Waals surface area contributed by atoms with E-state index in [0.29, 0.717) is 0 Å². The number of benzene rings is 1. The van der Waals surface area contributed by atoms with E-state index < -0.39 is 0 Å². The fourth-order valence-corrected chi connectivity index (χ4v) is 2.19. The van der Waals surface area contributed by atoms with Crippen LogP contribution in [0.25, 0.3) is 0 Å². The van der Waals surface area contributed by atoms with Crippen LogP contribution in [-0.4, -0.2) is 36.9 Å². The molecule has 0 spiro atoms. The maximum atomic E-state index is 12.1. The number of unbranched alkanes of at least 4 members (excludes halogenated alkanes) is 1. The van der Waals surface area contributed by atoms with E-state index in [1.165, 1.54) is 11.8 Å². The van der Waals surface area contributed by atoms with Gasteiger partial charge in [0.1, 0.15) is 6.54 Å². The van der Waals surface area contributed by atoms with Crippen LogP contribution in [0.15, 0.2) is 28.7 Å². The Morgan fingerprint density at radius 1 is 1.30 bits per heavy atom. The van der Waals surface area contributed by atoms with E-state index in [4.69, 9.17) is 0 Å². The number of halogens is 1. The second kappa shape index (κ2) is 8.04. The van der Waals surface area contributed by atoms with Gasteiger partial charge in [-0.1, -0.05) is 35.3 Å². The van der Waals surface area contributed by atoms with Crippen molar-refractivity contribution >= 4 is 33.4 Å². The molecule has 1 aromatic carbocycles. The molecule has 5 heteroatoms. The molecule has 2 amide bonds. The molecule has 0 saturated carbocycles. The maximum Gasteiger partial charge on any atom is 0.242 e. The number of carbonyl (C=O) groups excluding carboxylic acids is 2. The summed E-state index contributed by atoms with van der Waals surface area (Å²) in [5.41, 5.74) is 0.726. The van der Waals surface area contributed by atoms with E-state index in [1.807, 2.05) is 24.3 Å². The Morgan fingerprint density at radius 2 is 2.00 bits per heavy atom. The molecule has 0 fully saturated rings. The highest BCUT2D eigenvalue weighted by Crippen LogP contribution is 2.20. The lowest BCUT2D eigenvalue weighted by Gasteiger charge is -2.24. The molecule has 110 valence electrons. The van der Waals surface area contributed by atoms with Crippen LogP contribution < -0.4 is 4.90 Å². The highest BCUT2D eigenvalue weighted by Gasteiger charge is 2.18. The van der Waals surface area contributed by atoms with Gasteiger partial charge in [0.15, 0.2) is 0 Å². The third-order valence-corrected chi connectivity index (χ3v) is 3.56. The highest BCUT2D eigenvalue weighted by molar-refractivity contribution is 9.10. The summed E-state index contributed by atoms with van der Waals surface area (Å²) in [6.07, 6.45) is 2.01. The van der Waals surface area contributed by atoms with Crippen LogP contribution in [0.1, 0.15) is 26.7 Å². The molecule has 0 aliphatic heterocycles. The van der Waals surface area contributed by atoms with Crippen LogP contribution in [0.3, 0.4) is 0 Å². The first kappa shape index (κ1) is 16.7. The minimum atomic E-state index is -0.139. The summed E-state index contributed by atoms with van der Waals surface area (Å²) in [7, 11) is 1.78. The van der Waals surface area contributed by atoms with Gasteiger partial charge in [-0.2, -0.15) is 0 Å². The van der Waals surface area contributed by atoms with Gasteiger partial charge in [-0.3, -0.25) is 9.59 Å². The van der Waals surface area contributed by atoms with E-state index >= 15 is 0 Å². The van der Waals surface area contributed by atoms with E-state index in [0.717, 1.165) is 29.5 Å². The number of nitrogens with zero attached hydrogens (tertiary/aromatic N) is 2. The zero-order chi connectivity index (χ0) is 15.1. The number of amides is 2. The number of rotatable bonds is 6. The highest BCUT2D eigenvalue weighted by atomic mass is 79.9. The molecule has 1 aromatic rings. The summed E-state index contributed by atoms with van der Waals surface area (Å²) < 4.78 is 0.882. The van der Waals surface area contributed by atoms with Crippen LogP contribution in [0.2, 0.25) is 0 Å². The van der Waals surface area contributed by atoms with Gasteiger partial charge in [0, 0.05) is 30.7 Å². The predicted molar refractivity (Wildman–Crippen MR) is 84.7 cm³/mol. The summed E-state index contributed by atoms with van der Waals surface area (Å²) >= 11 is 3.38. The molecule has 0 radical (unpaired) electrons. The molecule has 0 aliphatic rings. The van der Waals surface area contributed by atoms with Crippen LogP contribution >= 0.6 is 15.9 Å². The Kier molecular flexibility index (Phi) is 6.71. The van der Waals surface area contributed by atoms with Crippen molar-refractivity contribution in [2.24, 2.45) is 0 Å². The standard InChI is InChI=1S/C15H21BrN2O2/c1-4-5-9-17(3)15(20)11-18(12(2)19)14-8-6-7-13(16)10-14/h6-8,10H,4-5,9,11H2,1-3H3. The fourth-order valence-electron chi connectivity index (χ4n) is 1.80. The summed E-state index contributed by atoms with van der Waals surface area (Å²) in [6.45, 7) is 4.35. The van der Waals surface area contributed by atoms with Gasteiger partial charge in [-0.25, -0.2) is 0 Å². The number of hydrogen-bond donors (Lipinski definition) is 0. The molecule has 1 rings (SSSR count). The molecule has 0 aliphatic carbocycles. The van der Waals surface area contributed by atoms with E-state index in [1.54, 1.807) is 11.9 Å². The van der Waals surface area contributed by atoms with Crippen molar-refractivity contribution in [3.8, 4) is 0 Å². The third-order valence-electron chi connectivity index (χ3n) is 3.07. The van der Waals surface area contributed by atoms with Crippen molar-refractivity contribution < 1.29 is 9.59 Å². The molecular formula is C15H21BrN2O2. The van der Waals surface area contributed by atoms with Gasteiger partial charge in [0.05, 0.1) is 0 Å². The van der Waals surface area contributed by atoms with Gasteiger partial charge in [0.25, 0.3) is 0 Å². The van der Waals surface area contributed by atoms with Crippen molar-refractivity contribution in [3.63, 3.8) is 0 Å². The second-order valence-corrected chi connectivity index (χ2v) is 5.67. The van der Waals surface area contributed by atoms with Crippen LogP contribution in [0.5, 0.6) is 0 Å². The average Bonchev–Trinajstić information content (AvgIpc) is 2.41. The van der Waals surface area contributed by atoms with E-state index in [-0.39, 0.29) is 18.4 Å². The lowest BCUT2D eigenvalue weighted by Crippen LogP contribution is -2.41. The number of likely N-dealkylation sites (N-methyl/N-ethyl adjacent to an activating group) is 1. The van der Waals surface area contributed by atoms with Crippen molar-refractivity contribution in [1.29, 1.82) is 0 Å². The second-order valence-electron chi connectivity index (χ2n) is 4.75. The van der Waals surface area contributed by atoms with E-state index in [2.05, 4.69) is 22.9 Å². The van der Waals surface area contributed by atoms with Crippen LogP contribution in [-0.2, 0) is 9.59 Å². The first-order valence-electron chi connectivity index (χ1n) is 6.73. The zero-order valence-electron chi connectivity index (χ0n) is 12.2. The van der Waals surface area contributed by atoms with Gasteiger partial charge >= 0.3 is 0 Å². The Balaban J connectivity index is 2.78. The average molecular weight is 341 g/mol. The minimum Gasteiger partial charge on any atom is -0.344 e. The minimum absolute atomic E-state index is 0.0476. The zero-order valence-corrected chi connectivity index (χ0v) is 13.8. The molecule has 0 atom stereocenters. The van der Waals surface area contributed by atoms with E-state index in [9.17, 15) is 9.59 Å². The van der Waals surface area contributed by atoms with Gasteiger partial charge in [-0.05, 0) is 24.6 Å². The number of anilines is 1. The van der Waals surface area contributed by atoms with Crippen LogP contribution in [0.4, 0.5) is 5.69 Å². The Labute approximate surface area is 128 Å². The quantitative estimate of drug-likeness (QED) is 0.798. The third kappa shape index (κ3) is 4.96. The molecule has 0 N–H and O–H groups in total. The lowest BCUT2D eigenvalue weighted by molar-refractivity contribution is -0.130.